The molecule has 1 atom stereocenters. The lowest BCUT2D eigenvalue weighted by molar-refractivity contribution is -0.0521. The van der Waals surface area contributed by atoms with Gasteiger partial charge in [0.1, 0.15) is 5.75 Å². The fourth-order valence-electron chi connectivity index (χ4n) is 2.46. The van der Waals surface area contributed by atoms with Crippen molar-refractivity contribution >= 4 is 0 Å². The second-order valence-corrected chi connectivity index (χ2v) is 4.41. The summed E-state index contributed by atoms with van der Waals surface area (Å²) in [6, 6.07) is 6.48. The van der Waals surface area contributed by atoms with Crippen LogP contribution in [0.4, 0.5) is 8.78 Å². The van der Waals surface area contributed by atoms with Gasteiger partial charge in [-0.3, -0.25) is 0 Å². The van der Waals surface area contributed by atoms with Crippen LogP contribution >= 0.6 is 0 Å². The van der Waals surface area contributed by atoms with Crippen LogP contribution in [0.2, 0.25) is 0 Å². The molecule has 1 aliphatic carbocycles. The smallest absolute Gasteiger partial charge is 0.387 e. The molecule has 4 heteroatoms. The molecule has 94 valence electrons. The number of rotatable bonds is 4. The van der Waals surface area contributed by atoms with Gasteiger partial charge in [0, 0.05) is 5.56 Å². The van der Waals surface area contributed by atoms with Crippen molar-refractivity contribution in [3.63, 3.8) is 0 Å². The Morgan fingerprint density at radius 3 is 2.47 bits per heavy atom. The normalized spacial score (nSPS) is 18.6. The van der Waals surface area contributed by atoms with Crippen molar-refractivity contribution in [2.24, 2.45) is 5.92 Å². The molecule has 0 bridgehead atoms. The Morgan fingerprint density at radius 1 is 1.18 bits per heavy atom. The fraction of sp³-hybridized carbons (Fsp3) is 0.538. The molecule has 17 heavy (non-hydrogen) atoms. The fourth-order valence-corrected chi connectivity index (χ4v) is 2.46. The molecule has 1 aromatic carbocycles. The van der Waals surface area contributed by atoms with E-state index in [0.717, 1.165) is 25.7 Å². The lowest BCUT2D eigenvalue weighted by atomic mass is 9.94. The maximum atomic E-state index is 12.2. The van der Waals surface area contributed by atoms with Crippen LogP contribution in [0.1, 0.15) is 37.4 Å². The Kier molecular flexibility index (Phi) is 3.94. The molecule has 1 unspecified atom stereocenters. The van der Waals surface area contributed by atoms with Gasteiger partial charge in [0.05, 0.1) is 6.10 Å². The maximum Gasteiger partial charge on any atom is 0.387 e. The highest BCUT2D eigenvalue weighted by atomic mass is 19.3. The topological polar surface area (TPSA) is 29.5 Å². The summed E-state index contributed by atoms with van der Waals surface area (Å²) in [4.78, 5) is 0. The largest absolute Gasteiger partial charge is 0.434 e. The molecule has 0 saturated heterocycles. The van der Waals surface area contributed by atoms with Crippen LogP contribution in [-0.2, 0) is 0 Å². The number of hydrogen-bond donors (Lipinski definition) is 1. The number of aliphatic hydroxyl groups is 1. The Morgan fingerprint density at radius 2 is 1.82 bits per heavy atom. The van der Waals surface area contributed by atoms with E-state index in [9.17, 15) is 13.9 Å². The molecule has 0 aromatic heterocycles. The first-order valence-corrected chi connectivity index (χ1v) is 5.90. The second-order valence-electron chi connectivity index (χ2n) is 4.41. The van der Waals surface area contributed by atoms with Gasteiger partial charge in [0.2, 0.25) is 0 Å². The van der Waals surface area contributed by atoms with E-state index in [1.807, 2.05) is 0 Å². The zero-order chi connectivity index (χ0) is 12.3. The average Bonchev–Trinajstić information content (AvgIpc) is 2.81. The van der Waals surface area contributed by atoms with E-state index in [2.05, 4.69) is 4.74 Å². The number of benzene rings is 1. The zero-order valence-corrected chi connectivity index (χ0v) is 9.48. The van der Waals surface area contributed by atoms with E-state index in [1.165, 1.54) is 6.07 Å². The molecule has 0 heterocycles. The first kappa shape index (κ1) is 12.3. The van der Waals surface area contributed by atoms with Gasteiger partial charge in [-0.2, -0.15) is 8.78 Å². The van der Waals surface area contributed by atoms with Gasteiger partial charge in [-0.25, -0.2) is 0 Å². The van der Waals surface area contributed by atoms with Crippen LogP contribution in [0.25, 0.3) is 0 Å². The first-order chi connectivity index (χ1) is 8.18. The molecule has 2 rings (SSSR count). The molecule has 1 aliphatic rings. The molecule has 0 radical (unpaired) electrons. The highest BCUT2D eigenvalue weighted by molar-refractivity contribution is 5.35. The summed E-state index contributed by atoms with van der Waals surface area (Å²) < 4.78 is 28.9. The van der Waals surface area contributed by atoms with E-state index < -0.39 is 12.7 Å². The summed E-state index contributed by atoms with van der Waals surface area (Å²) in [5.41, 5.74) is 0.472. The summed E-state index contributed by atoms with van der Waals surface area (Å²) in [6.07, 6.45) is 3.39. The number of alkyl halides is 2. The third-order valence-electron chi connectivity index (χ3n) is 3.30. The Bertz CT molecular complexity index is 362. The minimum Gasteiger partial charge on any atom is -0.434 e. The molecule has 1 aromatic rings. The Balaban J connectivity index is 2.18. The van der Waals surface area contributed by atoms with Gasteiger partial charge >= 0.3 is 6.61 Å². The number of para-hydroxylation sites is 1. The van der Waals surface area contributed by atoms with E-state index in [4.69, 9.17) is 0 Å². The van der Waals surface area contributed by atoms with E-state index in [0.29, 0.717) is 5.56 Å². The maximum absolute atomic E-state index is 12.2. The molecule has 0 spiro atoms. The number of halogens is 2. The monoisotopic (exact) mass is 242 g/mol. The molecule has 0 amide bonds. The van der Waals surface area contributed by atoms with E-state index in [-0.39, 0.29) is 11.7 Å². The summed E-state index contributed by atoms with van der Waals surface area (Å²) in [7, 11) is 0. The van der Waals surface area contributed by atoms with Crippen molar-refractivity contribution in [3.8, 4) is 5.75 Å². The summed E-state index contributed by atoms with van der Waals surface area (Å²) in [6.45, 7) is -2.85. The predicted octanol–water partition coefficient (Wildman–Crippen LogP) is 3.51. The van der Waals surface area contributed by atoms with Crippen LogP contribution < -0.4 is 4.74 Å². The predicted molar refractivity (Wildman–Crippen MR) is 60.0 cm³/mol. The van der Waals surface area contributed by atoms with E-state index in [1.54, 1.807) is 18.2 Å². The van der Waals surface area contributed by atoms with Crippen molar-refractivity contribution < 1.29 is 18.6 Å². The Labute approximate surface area is 99.2 Å². The van der Waals surface area contributed by atoms with Crippen LogP contribution in [0, 0.1) is 5.92 Å². The Hall–Kier alpha value is -1.16. The number of ether oxygens (including phenoxy) is 1. The van der Waals surface area contributed by atoms with Crippen LogP contribution in [0.5, 0.6) is 5.75 Å². The van der Waals surface area contributed by atoms with Crippen molar-refractivity contribution in [1.82, 2.24) is 0 Å². The third-order valence-corrected chi connectivity index (χ3v) is 3.30. The standard InChI is InChI=1S/C13H16F2O2/c14-13(15)17-11-8-4-3-7-10(11)12(16)9-5-1-2-6-9/h3-4,7-9,12-13,16H,1-2,5-6H2. The third kappa shape index (κ3) is 2.94. The van der Waals surface area contributed by atoms with Gasteiger partial charge in [-0.1, -0.05) is 31.0 Å². The number of aliphatic hydroxyl groups excluding tert-OH is 1. The minimum absolute atomic E-state index is 0.0851. The van der Waals surface area contributed by atoms with Gasteiger partial charge in [0.15, 0.2) is 0 Å². The van der Waals surface area contributed by atoms with Gasteiger partial charge in [0.25, 0.3) is 0 Å². The number of hydrogen-bond acceptors (Lipinski definition) is 2. The van der Waals surface area contributed by atoms with Crippen LogP contribution in [0.3, 0.4) is 0 Å². The SMILES string of the molecule is OC(c1ccccc1OC(F)F)C1CCCC1. The van der Waals surface area contributed by atoms with Gasteiger partial charge < -0.3 is 9.84 Å². The van der Waals surface area contributed by atoms with Crippen LogP contribution in [-0.4, -0.2) is 11.7 Å². The van der Waals surface area contributed by atoms with Gasteiger partial charge in [-0.15, -0.1) is 0 Å². The minimum atomic E-state index is -2.85. The van der Waals surface area contributed by atoms with Crippen LogP contribution in [0.15, 0.2) is 24.3 Å². The van der Waals surface area contributed by atoms with Crippen molar-refractivity contribution in [1.29, 1.82) is 0 Å². The highest BCUT2D eigenvalue weighted by Gasteiger charge is 2.27. The van der Waals surface area contributed by atoms with Gasteiger partial charge in [-0.05, 0) is 24.8 Å². The van der Waals surface area contributed by atoms with Crippen molar-refractivity contribution in [2.75, 3.05) is 0 Å². The molecular formula is C13H16F2O2. The molecule has 1 fully saturated rings. The molecular weight excluding hydrogens is 226 g/mol. The summed E-state index contributed by atoms with van der Waals surface area (Å²) >= 11 is 0. The summed E-state index contributed by atoms with van der Waals surface area (Å²) in [5.74, 6) is 0.249. The summed E-state index contributed by atoms with van der Waals surface area (Å²) in [5, 5.41) is 10.2. The lowest BCUT2D eigenvalue weighted by Crippen LogP contribution is -2.12. The van der Waals surface area contributed by atoms with Crippen molar-refractivity contribution in [2.45, 2.75) is 38.4 Å². The lowest BCUT2D eigenvalue weighted by Gasteiger charge is -2.20. The van der Waals surface area contributed by atoms with E-state index >= 15 is 0 Å². The quantitative estimate of drug-likeness (QED) is 0.875. The second kappa shape index (κ2) is 5.45. The molecule has 2 nitrogen and oxygen atoms in total. The van der Waals surface area contributed by atoms with Crippen molar-refractivity contribution in [3.05, 3.63) is 29.8 Å². The molecule has 1 N–H and O–H groups in total. The highest BCUT2D eigenvalue weighted by Crippen LogP contribution is 2.39. The molecule has 1 saturated carbocycles. The zero-order valence-electron chi connectivity index (χ0n) is 9.48. The first-order valence-electron chi connectivity index (χ1n) is 5.90. The average molecular weight is 242 g/mol. The molecule has 0 aliphatic heterocycles.